The van der Waals surface area contributed by atoms with E-state index in [0.717, 1.165) is 10.9 Å². The fourth-order valence-electron chi connectivity index (χ4n) is 2.27. The normalized spacial score (nSPS) is 10.6. The predicted molar refractivity (Wildman–Crippen MR) is 104 cm³/mol. The number of aryl methyl sites for hydroxylation is 1. The summed E-state index contributed by atoms with van der Waals surface area (Å²) < 4.78 is 5.22. The number of thiocarbonyl (C=S) groups is 1. The Bertz CT molecular complexity index is 1000. The SMILES string of the molecule is Cc1cc(=O)oc2cc(NC(=S)Nc3ccc(Cl)c(Cl)c3)ccc12. The van der Waals surface area contributed by atoms with Gasteiger partial charge < -0.3 is 15.1 Å². The fraction of sp³-hybridized carbons (Fsp3) is 0.0588. The van der Waals surface area contributed by atoms with Crippen LogP contribution in [0.1, 0.15) is 5.56 Å². The quantitative estimate of drug-likeness (QED) is 0.473. The summed E-state index contributed by atoms with van der Waals surface area (Å²) in [5.41, 5.74) is 2.40. The van der Waals surface area contributed by atoms with E-state index >= 15 is 0 Å². The molecule has 0 aliphatic carbocycles. The lowest BCUT2D eigenvalue weighted by atomic mass is 10.1. The first-order valence-electron chi connectivity index (χ1n) is 7.00. The maximum absolute atomic E-state index is 11.5. The van der Waals surface area contributed by atoms with Crippen molar-refractivity contribution in [1.82, 2.24) is 0 Å². The molecule has 0 saturated heterocycles. The average molecular weight is 379 g/mol. The predicted octanol–water partition coefficient (Wildman–Crippen LogP) is 5.22. The lowest BCUT2D eigenvalue weighted by Gasteiger charge is -2.11. The van der Waals surface area contributed by atoms with Gasteiger partial charge in [0.1, 0.15) is 5.58 Å². The molecule has 1 heterocycles. The van der Waals surface area contributed by atoms with Gasteiger partial charge in [-0.15, -0.1) is 0 Å². The van der Waals surface area contributed by atoms with Crippen molar-refractivity contribution in [2.75, 3.05) is 10.6 Å². The Morgan fingerprint density at radius 3 is 2.38 bits per heavy atom. The minimum absolute atomic E-state index is 0.378. The van der Waals surface area contributed by atoms with E-state index in [0.29, 0.717) is 32.1 Å². The smallest absolute Gasteiger partial charge is 0.336 e. The molecule has 0 fully saturated rings. The van der Waals surface area contributed by atoms with Crippen LogP contribution in [0.2, 0.25) is 10.0 Å². The van der Waals surface area contributed by atoms with Crippen LogP contribution >= 0.6 is 35.4 Å². The van der Waals surface area contributed by atoms with Crippen LogP contribution in [0, 0.1) is 6.92 Å². The first kappa shape index (κ1) is 16.8. The monoisotopic (exact) mass is 378 g/mol. The number of halogens is 2. The lowest BCUT2D eigenvalue weighted by molar-refractivity contribution is 0.560. The molecule has 0 radical (unpaired) electrons. The van der Waals surface area contributed by atoms with Gasteiger partial charge in [-0.05, 0) is 55.0 Å². The Labute approximate surface area is 153 Å². The van der Waals surface area contributed by atoms with E-state index in [2.05, 4.69) is 10.6 Å². The van der Waals surface area contributed by atoms with E-state index in [4.69, 9.17) is 39.8 Å². The largest absolute Gasteiger partial charge is 0.423 e. The number of benzene rings is 2. The Balaban J connectivity index is 1.80. The van der Waals surface area contributed by atoms with Crippen molar-refractivity contribution >= 4 is 62.9 Å². The molecular formula is C17H12Cl2N2O2S. The molecule has 0 saturated carbocycles. The standard InChI is InChI=1S/C17H12Cl2N2O2S/c1-9-6-16(22)23-15-8-11(2-4-12(9)15)21-17(24)20-10-3-5-13(18)14(19)7-10/h2-8H,1H3,(H2,20,21,24). The van der Waals surface area contributed by atoms with Gasteiger partial charge in [-0.1, -0.05) is 23.2 Å². The molecule has 3 aromatic rings. The number of anilines is 2. The third-order valence-electron chi connectivity index (χ3n) is 3.39. The maximum atomic E-state index is 11.5. The highest BCUT2D eigenvalue weighted by molar-refractivity contribution is 7.80. The van der Waals surface area contributed by atoms with Crippen molar-refractivity contribution in [3.8, 4) is 0 Å². The fourth-order valence-corrected chi connectivity index (χ4v) is 2.80. The van der Waals surface area contributed by atoms with Crippen molar-refractivity contribution in [2.45, 2.75) is 6.92 Å². The summed E-state index contributed by atoms with van der Waals surface area (Å²) in [5, 5.41) is 8.22. The van der Waals surface area contributed by atoms with Crippen molar-refractivity contribution in [2.24, 2.45) is 0 Å². The number of nitrogens with one attached hydrogen (secondary N) is 2. The second-order valence-corrected chi connectivity index (χ2v) is 6.39. The summed E-state index contributed by atoms with van der Waals surface area (Å²) in [6, 6.07) is 12.1. The van der Waals surface area contributed by atoms with Crippen LogP contribution in [0.4, 0.5) is 11.4 Å². The molecule has 1 aromatic heterocycles. The van der Waals surface area contributed by atoms with Crippen LogP contribution < -0.4 is 16.3 Å². The zero-order valence-electron chi connectivity index (χ0n) is 12.5. The van der Waals surface area contributed by atoms with E-state index in [9.17, 15) is 4.79 Å². The number of hydrogen-bond acceptors (Lipinski definition) is 3. The number of fused-ring (bicyclic) bond motifs is 1. The van der Waals surface area contributed by atoms with Crippen LogP contribution in [0.25, 0.3) is 11.0 Å². The van der Waals surface area contributed by atoms with Crippen LogP contribution in [-0.2, 0) is 0 Å². The van der Waals surface area contributed by atoms with Gasteiger partial charge in [0.25, 0.3) is 0 Å². The molecule has 0 amide bonds. The van der Waals surface area contributed by atoms with E-state index in [1.54, 1.807) is 24.3 Å². The lowest BCUT2D eigenvalue weighted by Crippen LogP contribution is -2.19. The summed E-state index contributed by atoms with van der Waals surface area (Å²) in [6.07, 6.45) is 0. The Morgan fingerprint density at radius 1 is 1.00 bits per heavy atom. The summed E-state index contributed by atoms with van der Waals surface area (Å²) in [4.78, 5) is 11.5. The molecule has 7 heteroatoms. The molecule has 0 spiro atoms. The molecule has 2 aromatic carbocycles. The second-order valence-electron chi connectivity index (χ2n) is 5.17. The molecule has 122 valence electrons. The van der Waals surface area contributed by atoms with Gasteiger partial charge in [0, 0.05) is 28.9 Å². The van der Waals surface area contributed by atoms with Gasteiger partial charge in [0.2, 0.25) is 0 Å². The number of hydrogen-bond donors (Lipinski definition) is 2. The van der Waals surface area contributed by atoms with E-state index in [1.807, 2.05) is 19.1 Å². The molecular weight excluding hydrogens is 367 g/mol. The van der Waals surface area contributed by atoms with Crippen LogP contribution in [0.3, 0.4) is 0 Å². The Kier molecular flexibility index (Phi) is 4.76. The maximum Gasteiger partial charge on any atom is 0.336 e. The van der Waals surface area contributed by atoms with Crippen LogP contribution in [-0.4, -0.2) is 5.11 Å². The van der Waals surface area contributed by atoms with Gasteiger partial charge in [0.15, 0.2) is 5.11 Å². The number of rotatable bonds is 2. The minimum atomic E-state index is -0.381. The highest BCUT2D eigenvalue weighted by Crippen LogP contribution is 2.25. The molecule has 0 aliphatic rings. The zero-order chi connectivity index (χ0) is 17.3. The van der Waals surface area contributed by atoms with Gasteiger partial charge in [-0.2, -0.15) is 0 Å². The Morgan fingerprint density at radius 2 is 1.67 bits per heavy atom. The van der Waals surface area contributed by atoms with Gasteiger partial charge >= 0.3 is 5.63 Å². The van der Waals surface area contributed by atoms with Crippen molar-refractivity contribution < 1.29 is 4.42 Å². The van der Waals surface area contributed by atoms with E-state index < -0.39 is 0 Å². The molecule has 0 unspecified atom stereocenters. The van der Waals surface area contributed by atoms with Crippen molar-refractivity contribution in [3.63, 3.8) is 0 Å². The molecule has 4 nitrogen and oxygen atoms in total. The van der Waals surface area contributed by atoms with Gasteiger partial charge in [-0.3, -0.25) is 0 Å². The van der Waals surface area contributed by atoms with E-state index in [-0.39, 0.29) is 5.63 Å². The first-order chi connectivity index (χ1) is 11.4. The van der Waals surface area contributed by atoms with Crippen molar-refractivity contribution in [3.05, 3.63) is 68.5 Å². The zero-order valence-corrected chi connectivity index (χ0v) is 14.9. The van der Waals surface area contributed by atoms with Crippen LogP contribution in [0.5, 0.6) is 0 Å². The molecule has 0 atom stereocenters. The first-order valence-corrected chi connectivity index (χ1v) is 8.16. The topological polar surface area (TPSA) is 54.3 Å². The molecule has 0 aliphatic heterocycles. The second kappa shape index (κ2) is 6.81. The highest BCUT2D eigenvalue weighted by Gasteiger charge is 2.06. The third-order valence-corrected chi connectivity index (χ3v) is 4.33. The molecule has 24 heavy (non-hydrogen) atoms. The summed E-state index contributed by atoms with van der Waals surface area (Å²) in [6.45, 7) is 1.86. The molecule has 0 bridgehead atoms. The summed E-state index contributed by atoms with van der Waals surface area (Å²) in [7, 11) is 0. The van der Waals surface area contributed by atoms with Gasteiger partial charge in [0.05, 0.1) is 10.0 Å². The highest BCUT2D eigenvalue weighted by atomic mass is 35.5. The molecule has 3 rings (SSSR count). The average Bonchev–Trinajstić information content (AvgIpc) is 2.50. The minimum Gasteiger partial charge on any atom is -0.423 e. The third kappa shape index (κ3) is 3.70. The molecule has 2 N–H and O–H groups in total. The van der Waals surface area contributed by atoms with Crippen molar-refractivity contribution in [1.29, 1.82) is 0 Å². The van der Waals surface area contributed by atoms with E-state index in [1.165, 1.54) is 6.07 Å². The van der Waals surface area contributed by atoms with Crippen LogP contribution in [0.15, 0.2) is 51.7 Å². The Hall–Kier alpha value is -2.08. The summed E-state index contributed by atoms with van der Waals surface area (Å²) >= 11 is 17.1. The summed E-state index contributed by atoms with van der Waals surface area (Å²) in [5.74, 6) is 0. The van der Waals surface area contributed by atoms with Gasteiger partial charge in [-0.25, -0.2) is 4.79 Å².